The Morgan fingerprint density at radius 1 is 1.07 bits per heavy atom. The van der Waals surface area contributed by atoms with Crippen LogP contribution >= 0.6 is 15.9 Å². The molecule has 30 heavy (non-hydrogen) atoms. The predicted molar refractivity (Wildman–Crippen MR) is 119 cm³/mol. The Kier molecular flexibility index (Phi) is 6.50. The molecule has 0 aliphatic carbocycles. The fourth-order valence-corrected chi connectivity index (χ4v) is 3.82. The second kappa shape index (κ2) is 9.45. The van der Waals surface area contributed by atoms with Crippen molar-refractivity contribution < 1.29 is 9.53 Å². The Morgan fingerprint density at radius 2 is 1.83 bits per heavy atom. The summed E-state index contributed by atoms with van der Waals surface area (Å²) in [5.74, 6) is 0.735. The molecule has 0 saturated carbocycles. The molecule has 0 radical (unpaired) electrons. The molecule has 0 N–H and O–H groups in total. The van der Waals surface area contributed by atoms with Gasteiger partial charge in [0.05, 0.1) is 0 Å². The highest BCUT2D eigenvalue weighted by molar-refractivity contribution is 9.10. The molecule has 4 rings (SSSR count). The van der Waals surface area contributed by atoms with E-state index in [0.29, 0.717) is 18.8 Å². The van der Waals surface area contributed by atoms with Crippen LogP contribution in [0.25, 0.3) is 0 Å². The van der Waals surface area contributed by atoms with E-state index in [-0.39, 0.29) is 12.6 Å². The van der Waals surface area contributed by atoms with Gasteiger partial charge in [0.1, 0.15) is 5.75 Å². The van der Waals surface area contributed by atoms with E-state index >= 15 is 0 Å². The van der Waals surface area contributed by atoms with Gasteiger partial charge in [-0.3, -0.25) is 9.69 Å². The number of amides is 1. The quantitative estimate of drug-likeness (QED) is 0.549. The molecule has 0 unspecified atom stereocenters. The van der Waals surface area contributed by atoms with Crippen LogP contribution in [-0.2, 0) is 13.3 Å². The topological polar surface area (TPSA) is 50.6 Å². The van der Waals surface area contributed by atoms with Gasteiger partial charge in [-0.15, -0.1) is 0 Å². The third kappa shape index (κ3) is 5.29. The summed E-state index contributed by atoms with van der Waals surface area (Å²) in [7, 11) is 0. The normalized spacial score (nSPS) is 14.7. The first-order chi connectivity index (χ1) is 14.6. The van der Waals surface area contributed by atoms with Crippen LogP contribution in [0.5, 0.6) is 5.75 Å². The molecular weight excluding hydrogens is 444 g/mol. The molecule has 1 fully saturated rings. The number of aryl methyl sites for hydroxylation is 1. The molecule has 1 aliphatic rings. The number of hydrogen-bond acceptors (Lipinski definition) is 4. The Morgan fingerprint density at radius 3 is 2.57 bits per heavy atom. The first-order valence-corrected chi connectivity index (χ1v) is 10.8. The first-order valence-electron chi connectivity index (χ1n) is 10.1. The standard InChI is InChI=1S/C23H25BrN4O2/c1-18-3-2-4-19(15-18)16-26-11-13-27(14-12-26)23(29)22-9-10-28(25-22)17-30-21-7-5-20(24)6-8-21/h2-10,15H,11-14,16-17H2,1H3. The maximum Gasteiger partial charge on any atom is 0.274 e. The van der Waals surface area contributed by atoms with Crippen LogP contribution in [0, 0.1) is 6.92 Å². The maximum atomic E-state index is 12.8. The third-order valence-electron chi connectivity index (χ3n) is 5.19. The molecule has 0 spiro atoms. The summed E-state index contributed by atoms with van der Waals surface area (Å²) in [6.07, 6.45) is 1.78. The molecule has 1 aromatic heterocycles. The highest BCUT2D eigenvalue weighted by atomic mass is 79.9. The summed E-state index contributed by atoms with van der Waals surface area (Å²) in [5.41, 5.74) is 3.06. The second-order valence-electron chi connectivity index (χ2n) is 7.53. The smallest absolute Gasteiger partial charge is 0.274 e. The lowest BCUT2D eigenvalue weighted by Gasteiger charge is -2.34. The van der Waals surface area contributed by atoms with Crippen LogP contribution in [0.2, 0.25) is 0 Å². The van der Waals surface area contributed by atoms with Gasteiger partial charge < -0.3 is 9.64 Å². The monoisotopic (exact) mass is 468 g/mol. The molecular formula is C23H25BrN4O2. The highest BCUT2D eigenvalue weighted by Crippen LogP contribution is 2.17. The lowest BCUT2D eigenvalue weighted by atomic mass is 10.1. The van der Waals surface area contributed by atoms with Crippen LogP contribution < -0.4 is 4.74 Å². The van der Waals surface area contributed by atoms with E-state index in [9.17, 15) is 4.79 Å². The van der Waals surface area contributed by atoms with E-state index in [2.05, 4.69) is 57.1 Å². The first kappa shape index (κ1) is 20.6. The molecule has 6 nitrogen and oxygen atoms in total. The molecule has 0 atom stereocenters. The maximum absolute atomic E-state index is 12.8. The van der Waals surface area contributed by atoms with Gasteiger partial charge in [0.25, 0.3) is 5.91 Å². The molecule has 2 aromatic carbocycles. The lowest BCUT2D eigenvalue weighted by molar-refractivity contribution is 0.0621. The van der Waals surface area contributed by atoms with Crippen molar-refractivity contribution in [3.8, 4) is 5.75 Å². The minimum absolute atomic E-state index is 0.0207. The summed E-state index contributed by atoms with van der Waals surface area (Å²) in [5, 5.41) is 4.39. The Hall–Kier alpha value is -2.64. The number of carbonyl (C=O) groups excluding carboxylic acids is 1. The van der Waals surface area contributed by atoms with Gasteiger partial charge in [-0.05, 0) is 42.8 Å². The minimum atomic E-state index is -0.0207. The second-order valence-corrected chi connectivity index (χ2v) is 8.44. The zero-order valence-electron chi connectivity index (χ0n) is 17.0. The van der Waals surface area contributed by atoms with Gasteiger partial charge in [0.15, 0.2) is 12.4 Å². The number of carbonyl (C=O) groups is 1. The molecule has 3 aromatic rings. The number of hydrogen-bond donors (Lipinski definition) is 0. The van der Waals surface area contributed by atoms with E-state index in [4.69, 9.17) is 4.74 Å². The fraction of sp³-hybridized carbons (Fsp3) is 0.304. The molecule has 1 amide bonds. The third-order valence-corrected chi connectivity index (χ3v) is 5.71. The number of aromatic nitrogens is 2. The Bertz CT molecular complexity index is 994. The highest BCUT2D eigenvalue weighted by Gasteiger charge is 2.23. The minimum Gasteiger partial charge on any atom is -0.471 e. The average molecular weight is 469 g/mol. The fourth-order valence-electron chi connectivity index (χ4n) is 3.56. The molecule has 0 bridgehead atoms. The number of nitrogens with zero attached hydrogens (tertiary/aromatic N) is 4. The van der Waals surface area contributed by atoms with Crippen molar-refractivity contribution in [2.75, 3.05) is 26.2 Å². The number of piperazine rings is 1. The lowest BCUT2D eigenvalue weighted by Crippen LogP contribution is -2.48. The Labute approximate surface area is 185 Å². The van der Waals surface area contributed by atoms with Gasteiger partial charge >= 0.3 is 0 Å². The summed E-state index contributed by atoms with van der Waals surface area (Å²) in [6, 6.07) is 18.0. The summed E-state index contributed by atoms with van der Waals surface area (Å²) >= 11 is 3.40. The number of benzene rings is 2. The van der Waals surface area contributed by atoms with Crippen molar-refractivity contribution in [1.29, 1.82) is 0 Å². The predicted octanol–water partition coefficient (Wildman–Crippen LogP) is 3.95. The molecule has 1 aliphatic heterocycles. The summed E-state index contributed by atoms with van der Waals surface area (Å²) in [6.45, 7) is 6.47. The van der Waals surface area contributed by atoms with Crippen LogP contribution in [0.4, 0.5) is 0 Å². The van der Waals surface area contributed by atoms with E-state index in [0.717, 1.165) is 29.9 Å². The van der Waals surface area contributed by atoms with Crippen LogP contribution in [0.3, 0.4) is 0 Å². The summed E-state index contributed by atoms with van der Waals surface area (Å²) < 4.78 is 8.36. The van der Waals surface area contributed by atoms with Gasteiger partial charge in [-0.2, -0.15) is 5.10 Å². The van der Waals surface area contributed by atoms with Gasteiger partial charge in [0, 0.05) is 43.4 Å². The van der Waals surface area contributed by atoms with E-state index in [1.54, 1.807) is 16.9 Å². The summed E-state index contributed by atoms with van der Waals surface area (Å²) in [4.78, 5) is 17.1. The zero-order valence-corrected chi connectivity index (χ0v) is 18.6. The van der Waals surface area contributed by atoms with Crippen molar-refractivity contribution in [2.24, 2.45) is 0 Å². The van der Waals surface area contributed by atoms with Crippen molar-refractivity contribution in [1.82, 2.24) is 19.6 Å². The molecule has 7 heteroatoms. The SMILES string of the molecule is Cc1cccc(CN2CCN(C(=O)c3ccn(COc4ccc(Br)cc4)n3)CC2)c1. The van der Waals surface area contributed by atoms with Gasteiger partial charge in [0.2, 0.25) is 0 Å². The number of ether oxygens (including phenoxy) is 1. The molecule has 1 saturated heterocycles. The zero-order chi connectivity index (χ0) is 20.9. The van der Waals surface area contributed by atoms with Crippen molar-refractivity contribution in [2.45, 2.75) is 20.2 Å². The van der Waals surface area contributed by atoms with Crippen LogP contribution in [0.15, 0.2) is 65.3 Å². The molecule has 2 heterocycles. The number of halogens is 1. The molecule has 156 valence electrons. The van der Waals surface area contributed by atoms with Gasteiger partial charge in [-0.25, -0.2) is 4.68 Å². The van der Waals surface area contributed by atoms with Crippen LogP contribution in [-0.4, -0.2) is 51.7 Å². The van der Waals surface area contributed by atoms with Crippen molar-refractivity contribution in [3.63, 3.8) is 0 Å². The van der Waals surface area contributed by atoms with Crippen molar-refractivity contribution >= 4 is 21.8 Å². The average Bonchev–Trinajstić information content (AvgIpc) is 3.22. The van der Waals surface area contributed by atoms with E-state index in [1.807, 2.05) is 29.2 Å². The van der Waals surface area contributed by atoms with Gasteiger partial charge in [-0.1, -0.05) is 45.8 Å². The number of rotatable bonds is 6. The van der Waals surface area contributed by atoms with E-state index < -0.39 is 0 Å². The van der Waals surface area contributed by atoms with Crippen LogP contribution in [0.1, 0.15) is 21.6 Å². The largest absolute Gasteiger partial charge is 0.471 e. The van der Waals surface area contributed by atoms with E-state index in [1.165, 1.54) is 11.1 Å². The van der Waals surface area contributed by atoms with Crippen molar-refractivity contribution in [3.05, 3.63) is 82.1 Å². The Balaban J connectivity index is 1.27.